The van der Waals surface area contributed by atoms with Gasteiger partial charge >= 0.3 is 6.09 Å². The van der Waals surface area contributed by atoms with E-state index in [1.165, 1.54) is 17.9 Å². The van der Waals surface area contributed by atoms with E-state index in [2.05, 4.69) is 10.4 Å². The van der Waals surface area contributed by atoms with Crippen LogP contribution in [-0.2, 0) is 29.2 Å². The lowest BCUT2D eigenvalue weighted by Gasteiger charge is -2.21. The lowest BCUT2D eigenvalue weighted by atomic mass is 10.2. The Kier molecular flexibility index (Phi) is 7.33. The van der Waals surface area contributed by atoms with Gasteiger partial charge < -0.3 is 20.1 Å². The molecule has 1 aromatic heterocycles. The van der Waals surface area contributed by atoms with E-state index in [1.807, 2.05) is 41.4 Å². The highest BCUT2D eigenvalue weighted by atomic mass is 32.2. The number of cyclic esters (lactones) is 1. The lowest BCUT2D eigenvalue weighted by molar-refractivity contribution is -0.119. The van der Waals surface area contributed by atoms with E-state index in [1.54, 1.807) is 28.6 Å². The minimum Gasteiger partial charge on any atom is -0.442 e. The highest BCUT2D eigenvalue weighted by molar-refractivity contribution is 7.99. The Morgan fingerprint density at radius 2 is 2.08 bits per heavy atom. The number of benzene rings is 2. The number of aliphatic hydroxyl groups excluding tert-OH is 1. The van der Waals surface area contributed by atoms with Gasteiger partial charge in [-0.3, -0.25) is 14.4 Å². The normalized spacial score (nSPS) is 17.6. The fraction of sp³-hybridized carbons (Fsp3) is 0.346. The van der Waals surface area contributed by atoms with Gasteiger partial charge in [0.05, 0.1) is 49.4 Å². The quantitative estimate of drug-likeness (QED) is 0.414. The molecule has 0 radical (unpaired) electrons. The Labute approximate surface area is 218 Å². The maximum absolute atomic E-state index is 15.1. The van der Waals surface area contributed by atoms with Crippen LogP contribution in [0.25, 0.3) is 0 Å². The molecule has 0 saturated carbocycles. The predicted molar refractivity (Wildman–Crippen MR) is 138 cm³/mol. The van der Waals surface area contributed by atoms with Crippen molar-refractivity contribution in [2.75, 3.05) is 28.6 Å². The Hall–Kier alpha value is -3.57. The van der Waals surface area contributed by atoms with E-state index >= 15 is 4.39 Å². The maximum atomic E-state index is 15.1. The smallest absolute Gasteiger partial charge is 0.414 e. The number of carbonyl (C=O) groups is 2. The summed E-state index contributed by atoms with van der Waals surface area (Å²) in [5.74, 6) is -0.0834. The van der Waals surface area contributed by atoms with Crippen LogP contribution in [0.4, 0.5) is 20.6 Å². The molecule has 0 spiro atoms. The molecule has 5 rings (SSSR count). The molecule has 2 N–H and O–H groups in total. The number of hydrogen-bond acceptors (Lipinski definition) is 7. The van der Waals surface area contributed by atoms with E-state index in [4.69, 9.17) is 4.74 Å². The van der Waals surface area contributed by atoms with Crippen LogP contribution in [0.3, 0.4) is 0 Å². The van der Waals surface area contributed by atoms with E-state index in [9.17, 15) is 14.7 Å². The molecule has 1 fully saturated rings. The SMILES string of the molecule is CC(=O)NC[C@H]1CN(c2ccc(N3Cc4cn(C[C@H](O)CSc5ccccc5)nc4C3)c(F)c2)C(=O)O1. The summed E-state index contributed by atoms with van der Waals surface area (Å²) in [6.07, 6.45) is 0.317. The second-order valence-electron chi connectivity index (χ2n) is 9.15. The number of ether oxygens (including phenoxy) is 1. The number of amides is 2. The first-order valence-corrected chi connectivity index (χ1v) is 13.0. The molecule has 9 nitrogen and oxygen atoms in total. The number of anilines is 2. The summed E-state index contributed by atoms with van der Waals surface area (Å²) in [6, 6.07) is 14.6. The second-order valence-corrected chi connectivity index (χ2v) is 10.2. The van der Waals surface area contributed by atoms with Crippen molar-refractivity contribution in [2.24, 2.45) is 0 Å². The van der Waals surface area contributed by atoms with Crippen molar-refractivity contribution in [2.45, 2.75) is 43.7 Å². The zero-order valence-electron chi connectivity index (χ0n) is 20.3. The number of rotatable bonds is 9. The maximum Gasteiger partial charge on any atom is 0.414 e. The molecule has 0 unspecified atom stereocenters. The summed E-state index contributed by atoms with van der Waals surface area (Å²) >= 11 is 1.60. The Morgan fingerprint density at radius 1 is 1.27 bits per heavy atom. The molecule has 2 aromatic carbocycles. The van der Waals surface area contributed by atoms with Crippen LogP contribution in [0.1, 0.15) is 18.2 Å². The van der Waals surface area contributed by atoms with E-state index in [0.717, 1.165) is 16.2 Å². The molecule has 2 amide bonds. The number of thioether (sulfide) groups is 1. The van der Waals surface area contributed by atoms with Gasteiger partial charge in [0.15, 0.2) is 0 Å². The summed E-state index contributed by atoms with van der Waals surface area (Å²) in [4.78, 5) is 27.7. The fourth-order valence-electron chi connectivity index (χ4n) is 4.47. The van der Waals surface area contributed by atoms with Gasteiger partial charge in [-0.2, -0.15) is 5.10 Å². The Morgan fingerprint density at radius 3 is 2.81 bits per heavy atom. The standard InChI is InChI=1S/C26H28FN5O4S/c1-17(33)28-10-21-14-32(26(35)36-21)19-7-8-25(23(27)9-19)30-11-18-12-31(29-24(18)15-30)13-20(34)16-37-22-5-3-2-4-6-22/h2-9,12,20-21,34H,10-11,13-16H2,1H3,(H,28,33)/t20-,21-/m0/s1. The summed E-state index contributed by atoms with van der Waals surface area (Å²) in [5, 5.41) is 17.7. The average molecular weight is 526 g/mol. The summed E-state index contributed by atoms with van der Waals surface area (Å²) in [6.45, 7) is 3.19. The molecular formula is C26H28FN5O4S. The first kappa shape index (κ1) is 25.1. The molecule has 3 heterocycles. The van der Waals surface area contributed by atoms with Crippen LogP contribution >= 0.6 is 11.8 Å². The van der Waals surface area contributed by atoms with Crippen LogP contribution in [-0.4, -0.2) is 57.9 Å². The summed E-state index contributed by atoms with van der Waals surface area (Å²) in [7, 11) is 0. The highest BCUT2D eigenvalue weighted by Crippen LogP contribution is 2.33. The van der Waals surface area contributed by atoms with Crippen LogP contribution in [0.15, 0.2) is 59.6 Å². The van der Waals surface area contributed by atoms with Crippen molar-refractivity contribution in [1.82, 2.24) is 15.1 Å². The zero-order valence-corrected chi connectivity index (χ0v) is 21.2. The third kappa shape index (κ3) is 5.89. The van der Waals surface area contributed by atoms with Crippen molar-refractivity contribution < 1.29 is 23.8 Å². The monoisotopic (exact) mass is 525 g/mol. The summed E-state index contributed by atoms with van der Waals surface area (Å²) < 4.78 is 22.1. The molecular weight excluding hydrogens is 497 g/mol. The second kappa shape index (κ2) is 10.8. The Balaban J connectivity index is 1.16. The lowest BCUT2D eigenvalue weighted by Crippen LogP contribution is -2.33. The van der Waals surface area contributed by atoms with E-state index in [0.29, 0.717) is 36.8 Å². The van der Waals surface area contributed by atoms with Crippen LogP contribution in [0, 0.1) is 5.82 Å². The number of fused-ring (bicyclic) bond motifs is 1. The van der Waals surface area contributed by atoms with E-state index < -0.39 is 24.1 Å². The fourth-order valence-corrected chi connectivity index (χ4v) is 5.31. The topological polar surface area (TPSA) is 99.9 Å². The number of hydrogen-bond donors (Lipinski definition) is 2. The van der Waals surface area contributed by atoms with Gasteiger partial charge in [0.1, 0.15) is 11.9 Å². The predicted octanol–water partition coefficient (Wildman–Crippen LogP) is 3.16. The van der Waals surface area contributed by atoms with Gasteiger partial charge in [-0.25, -0.2) is 9.18 Å². The van der Waals surface area contributed by atoms with Gasteiger partial charge in [0.2, 0.25) is 5.91 Å². The van der Waals surface area contributed by atoms with Crippen molar-refractivity contribution in [3.05, 3.63) is 71.8 Å². The third-order valence-corrected chi connectivity index (χ3v) is 7.40. The molecule has 194 valence electrons. The van der Waals surface area contributed by atoms with Crippen molar-refractivity contribution in [3.63, 3.8) is 0 Å². The molecule has 2 aliphatic heterocycles. The molecule has 0 aliphatic carbocycles. The van der Waals surface area contributed by atoms with Gasteiger partial charge in [-0.1, -0.05) is 18.2 Å². The highest BCUT2D eigenvalue weighted by Gasteiger charge is 2.33. The molecule has 2 aliphatic rings. The van der Waals surface area contributed by atoms with Crippen LogP contribution in [0.2, 0.25) is 0 Å². The third-order valence-electron chi connectivity index (χ3n) is 6.25. The number of carbonyl (C=O) groups excluding carboxylic acids is 2. The van der Waals surface area contributed by atoms with Gasteiger partial charge in [0.25, 0.3) is 0 Å². The summed E-state index contributed by atoms with van der Waals surface area (Å²) in [5.41, 5.74) is 2.68. The average Bonchev–Trinajstić information content (AvgIpc) is 3.55. The van der Waals surface area contributed by atoms with Crippen molar-refractivity contribution in [3.8, 4) is 0 Å². The minimum absolute atomic E-state index is 0.207. The molecule has 3 aromatic rings. The van der Waals surface area contributed by atoms with Crippen molar-refractivity contribution in [1.29, 1.82) is 0 Å². The van der Waals surface area contributed by atoms with Gasteiger partial charge in [-0.05, 0) is 30.3 Å². The number of aliphatic hydroxyl groups is 1. The van der Waals surface area contributed by atoms with Crippen molar-refractivity contribution >= 4 is 35.1 Å². The minimum atomic E-state index is -0.567. The first-order chi connectivity index (χ1) is 17.9. The van der Waals surface area contributed by atoms with Gasteiger partial charge in [0, 0.05) is 35.9 Å². The number of nitrogens with one attached hydrogen (secondary N) is 1. The number of nitrogens with zero attached hydrogens (tertiary/aromatic N) is 4. The molecule has 37 heavy (non-hydrogen) atoms. The number of aromatic nitrogens is 2. The first-order valence-electron chi connectivity index (χ1n) is 12.0. The van der Waals surface area contributed by atoms with E-state index in [-0.39, 0.29) is 19.0 Å². The number of halogens is 1. The molecule has 11 heteroatoms. The van der Waals surface area contributed by atoms with Crippen LogP contribution in [0.5, 0.6) is 0 Å². The Bertz CT molecular complexity index is 1260. The zero-order chi connectivity index (χ0) is 25.9. The van der Waals surface area contributed by atoms with Crippen LogP contribution < -0.4 is 15.1 Å². The van der Waals surface area contributed by atoms with Gasteiger partial charge in [-0.15, -0.1) is 11.8 Å². The largest absolute Gasteiger partial charge is 0.442 e. The molecule has 1 saturated heterocycles. The molecule has 2 atom stereocenters. The molecule has 0 bridgehead atoms.